The number of rotatable bonds is 5. The quantitative estimate of drug-likeness (QED) is 0.397. The van der Waals surface area contributed by atoms with E-state index >= 15 is 0 Å². The Morgan fingerprint density at radius 3 is 2.21 bits per heavy atom. The van der Waals surface area contributed by atoms with Crippen molar-refractivity contribution in [3.05, 3.63) is 12.3 Å². The first kappa shape index (κ1) is 13.7. The van der Waals surface area contributed by atoms with E-state index in [1.807, 2.05) is 6.08 Å². The summed E-state index contributed by atoms with van der Waals surface area (Å²) in [4.78, 5) is 0. The summed E-state index contributed by atoms with van der Waals surface area (Å²) in [6, 6.07) is 0. The van der Waals surface area contributed by atoms with Gasteiger partial charge in [0, 0.05) is 6.61 Å². The first-order valence-corrected chi connectivity index (χ1v) is 8.04. The number of ether oxygens (including phenoxy) is 1. The molecule has 0 aromatic carbocycles. The third-order valence-electron chi connectivity index (χ3n) is 2.79. The lowest BCUT2D eigenvalue weighted by molar-refractivity contribution is 0.290. The third kappa shape index (κ3) is 4.82. The summed E-state index contributed by atoms with van der Waals surface area (Å²) in [6.45, 7) is 12.1. The Morgan fingerprint density at radius 2 is 1.79 bits per heavy atom. The molecule has 3 heteroatoms. The van der Waals surface area contributed by atoms with Crippen LogP contribution in [0.1, 0.15) is 27.2 Å². The molecule has 0 aromatic rings. The van der Waals surface area contributed by atoms with E-state index in [1.54, 1.807) is 13.4 Å². The van der Waals surface area contributed by atoms with E-state index in [4.69, 9.17) is 9.16 Å². The molecule has 0 unspecified atom stereocenters. The maximum Gasteiger partial charge on any atom is 0.191 e. The first-order chi connectivity index (χ1) is 6.31. The van der Waals surface area contributed by atoms with Gasteiger partial charge in [-0.25, -0.2) is 0 Å². The number of hydrogen-bond donors (Lipinski definition) is 0. The fourth-order valence-corrected chi connectivity index (χ4v) is 1.82. The second-order valence-corrected chi connectivity index (χ2v) is 9.81. The minimum Gasteiger partial charge on any atom is -0.505 e. The van der Waals surface area contributed by atoms with Crippen molar-refractivity contribution in [1.82, 2.24) is 0 Å². The molecule has 0 N–H and O–H groups in total. The maximum absolute atomic E-state index is 5.97. The van der Waals surface area contributed by atoms with Crippen molar-refractivity contribution in [2.75, 3.05) is 13.7 Å². The van der Waals surface area contributed by atoms with Crippen LogP contribution in [0, 0.1) is 0 Å². The molecule has 0 spiro atoms. The van der Waals surface area contributed by atoms with E-state index in [-0.39, 0.29) is 0 Å². The van der Waals surface area contributed by atoms with Crippen molar-refractivity contribution >= 4 is 8.32 Å². The highest BCUT2D eigenvalue weighted by Gasteiger charge is 2.36. The molecule has 0 aliphatic carbocycles. The highest BCUT2D eigenvalue weighted by Crippen LogP contribution is 2.36. The Bertz CT molecular complexity index is 180. The van der Waals surface area contributed by atoms with Gasteiger partial charge in [0.1, 0.15) is 0 Å². The van der Waals surface area contributed by atoms with E-state index in [0.29, 0.717) is 5.04 Å². The Kier molecular flexibility index (Phi) is 5.45. The normalized spacial score (nSPS) is 13.6. The second kappa shape index (κ2) is 5.56. The topological polar surface area (TPSA) is 18.5 Å². The summed E-state index contributed by atoms with van der Waals surface area (Å²) in [7, 11) is 0.118. The largest absolute Gasteiger partial charge is 0.505 e. The molecule has 2 nitrogen and oxygen atoms in total. The van der Waals surface area contributed by atoms with Gasteiger partial charge < -0.3 is 9.16 Å². The fourth-order valence-electron chi connectivity index (χ4n) is 0.763. The average Bonchev–Trinajstić information content (AvgIpc) is 2.02. The molecule has 0 atom stereocenters. The minimum atomic E-state index is -1.54. The highest BCUT2D eigenvalue weighted by atomic mass is 28.4. The Balaban J connectivity index is 3.83. The average molecular weight is 216 g/mol. The van der Waals surface area contributed by atoms with Gasteiger partial charge in [-0.15, -0.1) is 0 Å². The predicted octanol–water partition coefficient (Wildman–Crippen LogP) is 3.56. The van der Waals surface area contributed by atoms with Crippen LogP contribution in [0.5, 0.6) is 0 Å². The summed E-state index contributed by atoms with van der Waals surface area (Å²) in [5, 5.41) is 0.304. The highest BCUT2D eigenvalue weighted by molar-refractivity contribution is 6.74. The summed E-state index contributed by atoms with van der Waals surface area (Å²) >= 11 is 0. The molecule has 0 amide bonds. The smallest absolute Gasteiger partial charge is 0.191 e. The van der Waals surface area contributed by atoms with Crippen molar-refractivity contribution < 1.29 is 9.16 Å². The molecule has 14 heavy (non-hydrogen) atoms. The number of methoxy groups -OCH3 is 1. The predicted molar refractivity (Wildman–Crippen MR) is 63.9 cm³/mol. The van der Waals surface area contributed by atoms with E-state index in [1.165, 1.54) is 0 Å². The zero-order valence-electron chi connectivity index (χ0n) is 10.4. The molecule has 0 fully saturated rings. The lowest BCUT2D eigenvalue weighted by Gasteiger charge is -2.36. The van der Waals surface area contributed by atoms with Gasteiger partial charge in [-0.3, -0.25) is 0 Å². The molecule has 0 aliphatic heterocycles. The Hall–Kier alpha value is -0.283. The van der Waals surface area contributed by atoms with Gasteiger partial charge in [0.2, 0.25) is 0 Å². The van der Waals surface area contributed by atoms with Crippen LogP contribution in [0.2, 0.25) is 18.1 Å². The van der Waals surface area contributed by atoms with Crippen molar-refractivity contribution in [3.63, 3.8) is 0 Å². The molecule has 84 valence electrons. The van der Waals surface area contributed by atoms with E-state index < -0.39 is 8.32 Å². The van der Waals surface area contributed by atoms with Crippen molar-refractivity contribution in [3.8, 4) is 0 Å². The standard InChI is InChI=1S/C11H24O2Si/c1-11(2,3)14(5,6)13-10-8-7-9-12-4/h7,9H,8,10H2,1-6H3/b9-7-. The van der Waals surface area contributed by atoms with Crippen LogP contribution in [-0.4, -0.2) is 22.0 Å². The van der Waals surface area contributed by atoms with E-state index in [9.17, 15) is 0 Å². The van der Waals surface area contributed by atoms with Crippen LogP contribution in [0.4, 0.5) is 0 Å². The van der Waals surface area contributed by atoms with Gasteiger partial charge in [-0.1, -0.05) is 20.8 Å². The van der Waals surface area contributed by atoms with Crippen LogP contribution >= 0.6 is 0 Å². The number of hydrogen-bond acceptors (Lipinski definition) is 2. The fraction of sp³-hybridized carbons (Fsp3) is 0.818. The van der Waals surface area contributed by atoms with Gasteiger partial charge in [0.15, 0.2) is 8.32 Å². The minimum absolute atomic E-state index is 0.304. The molecule has 0 bridgehead atoms. The Labute approximate surface area is 89.4 Å². The third-order valence-corrected chi connectivity index (χ3v) is 7.32. The summed E-state index contributed by atoms with van der Waals surface area (Å²) in [5.41, 5.74) is 0. The summed E-state index contributed by atoms with van der Waals surface area (Å²) < 4.78 is 10.8. The molecule has 0 saturated heterocycles. The lowest BCUT2D eigenvalue weighted by Crippen LogP contribution is -2.40. The van der Waals surface area contributed by atoms with Crippen LogP contribution in [0.25, 0.3) is 0 Å². The molecule has 0 heterocycles. The van der Waals surface area contributed by atoms with Crippen molar-refractivity contribution in [1.29, 1.82) is 0 Å². The van der Waals surface area contributed by atoms with Crippen molar-refractivity contribution in [2.45, 2.75) is 45.3 Å². The molecule has 0 radical (unpaired) electrons. The first-order valence-electron chi connectivity index (χ1n) is 5.13. The molecule has 0 saturated carbocycles. The summed E-state index contributed by atoms with van der Waals surface area (Å²) in [6.07, 6.45) is 4.63. The molecular formula is C11H24O2Si. The van der Waals surface area contributed by atoms with Gasteiger partial charge >= 0.3 is 0 Å². The zero-order chi connectivity index (χ0) is 11.2. The van der Waals surface area contributed by atoms with Crippen LogP contribution in [0.3, 0.4) is 0 Å². The van der Waals surface area contributed by atoms with Gasteiger partial charge in [-0.2, -0.15) is 0 Å². The van der Waals surface area contributed by atoms with E-state index in [0.717, 1.165) is 13.0 Å². The second-order valence-electron chi connectivity index (χ2n) is 5.00. The van der Waals surface area contributed by atoms with Crippen LogP contribution in [0.15, 0.2) is 12.3 Å². The molecule has 0 aliphatic rings. The SMILES string of the molecule is CO/C=C\CCO[Si](C)(C)C(C)(C)C. The lowest BCUT2D eigenvalue weighted by atomic mass is 10.2. The van der Waals surface area contributed by atoms with Crippen LogP contribution < -0.4 is 0 Å². The summed E-state index contributed by atoms with van der Waals surface area (Å²) in [5.74, 6) is 0. The Morgan fingerprint density at radius 1 is 1.21 bits per heavy atom. The maximum atomic E-state index is 5.97. The molecule has 0 aromatic heterocycles. The monoisotopic (exact) mass is 216 g/mol. The van der Waals surface area contributed by atoms with Gasteiger partial charge in [0.05, 0.1) is 13.4 Å². The zero-order valence-corrected chi connectivity index (χ0v) is 11.4. The van der Waals surface area contributed by atoms with Crippen LogP contribution in [-0.2, 0) is 9.16 Å². The van der Waals surface area contributed by atoms with Gasteiger partial charge in [-0.05, 0) is 30.6 Å². The van der Waals surface area contributed by atoms with Gasteiger partial charge in [0.25, 0.3) is 0 Å². The van der Waals surface area contributed by atoms with Crippen molar-refractivity contribution in [2.24, 2.45) is 0 Å². The van der Waals surface area contributed by atoms with E-state index in [2.05, 4.69) is 33.9 Å². The molecular weight excluding hydrogens is 192 g/mol. The molecule has 0 rings (SSSR count).